The normalized spacial score (nSPS) is 30.9. The molecule has 0 aromatic heterocycles. The van der Waals surface area contributed by atoms with Crippen LogP contribution in [0.3, 0.4) is 0 Å². The largest absolute Gasteiger partial charge is 0.396 e. The van der Waals surface area contributed by atoms with Gasteiger partial charge in [0.2, 0.25) is 0 Å². The van der Waals surface area contributed by atoms with E-state index in [1.165, 1.54) is 64.7 Å². The molecule has 0 bridgehead atoms. The van der Waals surface area contributed by atoms with E-state index in [9.17, 15) is 0 Å². The van der Waals surface area contributed by atoms with Gasteiger partial charge in [-0.2, -0.15) is 0 Å². The maximum atomic E-state index is 9.00. The van der Waals surface area contributed by atoms with E-state index in [0.29, 0.717) is 6.61 Å². The quantitative estimate of drug-likeness (QED) is 0.740. The van der Waals surface area contributed by atoms with Crippen LogP contribution in [0.4, 0.5) is 0 Å². The summed E-state index contributed by atoms with van der Waals surface area (Å²) in [4.78, 5) is 2.61. The number of likely N-dealkylation sites (tertiary alicyclic amines) is 1. The van der Waals surface area contributed by atoms with Crippen molar-refractivity contribution in [2.45, 2.75) is 51.0 Å². The van der Waals surface area contributed by atoms with Crippen LogP contribution in [0.25, 0.3) is 0 Å². The molecular formula is C14H28N2O. The smallest absolute Gasteiger partial charge is 0.0434 e. The average Bonchev–Trinajstić information content (AvgIpc) is 2.83. The Balaban J connectivity index is 1.58. The van der Waals surface area contributed by atoms with Gasteiger partial charge >= 0.3 is 0 Å². The molecule has 2 heterocycles. The van der Waals surface area contributed by atoms with Gasteiger partial charge in [-0.25, -0.2) is 0 Å². The highest BCUT2D eigenvalue weighted by Crippen LogP contribution is 2.20. The molecule has 17 heavy (non-hydrogen) atoms. The number of nitrogens with zero attached hydrogens (tertiary/aromatic N) is 1. The third-order valence-corrected chi connectivity index (χ3v) is 4.33. The molecule has 3 heteroatoms. The lowest BCUT2D eigenvalue weighted by Crippen LogP contribution is -2.36. The molecule has 0 radical (unpaired) electrons. The molecule has 2 N–H and O–H groups in total. The van der Waals surface area contributed by atoms with E-state index in [-0.39, 0.29) is 0 Å². The van der Waals surface area contributed by atoms with Crippen LogP contribution in [0, 0.1) is 5.92 Å². The van der Waals surface area contributed by atoms with Gasteiger partial charge in [0.25, 0.3) is 0 Å². The zero-order valence-electron chi connectivity index (χ0n) is 11.0. The zero-order valence-corrected chi connectivity index (χ0v) is 11.0. The van der Waals surface area contributed by atoms with Crippen LogP contribution in [-0.2, 0) is 0 Å². The molecule has 2 saturated heterocycles. The van der Waals surface area contributed by atoms with Gasteiger partial charge in [0.15, 0.2) is 0 Å². The molecule has 2 aliphatic heterocycles. The summed E-state index contributed by atoms with van der Waals surface area (Å²) in [5.74, 6) is 0.748. The number of rotatable bonds is 6. The van der Waals surface area contributed by atoms with Crippen LogP contribution in [0.1, 0.15) is 44.9 Å². The first-order valence-electron chi connectivity index (χ1n) is 7.45. The minimum Gasteiger partial charge on any atom is -0.396 e. The molecule has 2 rings (SSSR count). The maximum absolute atomic E-state index is 9.00. The maximum Gasteiger partial charge on any atom is 0.0434 e. The molecular weight excluding hydrogens is 212 g/mol. The summed E-state index contributed by atoms with van der Waals surface area (Å²) in [6.07, 6.45) is 9.08. The van der Waals surface area contributed by atoms with E-state index in [0.717, 1.165) is 18.4 Å². The van der Waals surface area contributed by atoms with Crippen molar-refractivity contribution in [3.63, 3.8) is 0 Å². The number of hydrogen-bond acceptors (Lipinski definition) is 3. The number of hydrogen-bond donors (Lipinski definition) is 2. The summed E-state index contributed by atoms with van der Waals surface area (Å²) in [5.41, 5.74) is 0. The summed E-state index contributed by atoms with van der Waals surface area (Å²) in [6, 6.07) is 0.799. The molecule has 2 unspecified atom stereocenters. The number of piperidine rings is 1. The Morgan fingerprint density at radius 3 is 2.88 bits per heavy atom. The molecule has 2 aliphatic rings. The molecule has 2 fully saturated rings. The highest BCUT2D eigenvalue weighted by atomic mass is 16.3. The van der Waals surface area contributed by atoms with Crippen LogP contribution in [0.2, 0.25) is 0 Å². The summed E-state index contributed by atoms with van der Waals surface area (Å²) in [7, 11) is 0. The van der Waals surface area contributed by atoms with Crippen molar-refractivity contribution in [2.75, 3.05) is 32.8 Å². The minimum absolute atomic E-state index is 0.366. The van der Waals surface area contributed by atoms with Crippen LogP contribution >= 0.6 is 0 Å². The Bertz CT molecular complexity index is 202. The van der Waals surface area contributed by atoms with Crippen LogP contribution in [0.15, 0.2) is 0 Å². The van der Waals surface area contributed by atoms with Crippen molar-refractivity contribution in [3.8, 4) is 0 Å². The van der Waals surface area contributed by atoms with Gasteiger partial charge in [0.05, 0.1) is 0 Å². The van der Waals surface area contributed by atoms with E-state index in [1.807, 2.05) is 0 Å². The molecule has 0 amide bonds. The Kier molecular flexibility index (Phi) is 5.75. The third kappa shape index (κ3) is 4.57. The van der Waals surface area contributed by atoms with Gasteiger partial charge in [-0.05, 0) is 70.5 Å². The summed E-state index contributed by atoms with van der Waals surface area (Å²) in [5, 5.41) is 12.6. The van der Waals surface area contributed by atoms with E-state index < -0.39 is 0 Å². The standard InChI is InChI=1S/C14H28N2O/c17-11-7-13-4-2-9-16(12-13)10-3-6-14-5-1-8-15-14/h13-15,17H,1-12H2. The fourth-order valence-electron chi connectivity index (χ4n) is 3.34. The SMILES string of the molecule is OCCC1CCCN(CCCC2CCCN2)C1. The lowest BCUT2D eigenvalue weighted by molar-refractivity contribution is 0.145. The predicted molar refractivity (Wildman–Crippen MR) is 71.1 cm³/mol. The molecule has 3 nitrogen and oxygen atoms in total. The van der Waals surface area contributed by atoms with Crippen LogP contribution in [-0.4, -0.2) is 48.8 Å². The second kappa shape index (κ2) is 7.34. The Labute approximate surface area is 106 Å². The summed E-state index contributed by atoms with van der Waals surface area (Å²) in [6.45, 7) is 5.36. The topological polar surface area (TPSA) is 35.5 Å². The number of aliphatic hydroxyl groups excluding tert-OH is 1. The van der Waals surface area contributed by atoms with Crippen molar-refractivity contribution in [1.29, 1.82) is 0 Å². The van der Waals surface area contributed by atoms with Crippen LogP contribution in [0.5, 0.6) is 0 Å². The van der Waals surface area contributed by atoms with Crippen molar-refractivity contribution >= 4 is 0 Å². The molecule has 0 saturated carbocycles. The molecule has 100 valence electrons. The fourth-order valence-corrected chi connectivity index (χ4v) is 3.34. The van der Waals surface area contributed by atoms with E-state index in [2.05, 4.69) is 10.2 Å². The molecule has 0 aromatic rings. The van der Waals surface area contributed by atoms with Gasteiger partial charge in [-0.3, -0.25) is 0 Å². The third-order valence-electron chi connectivity index (χ3n) is 4.33. The molecule has 0 aliphatic carbocycles. The Morgan fingerprint density at radius 2 is 2.12 bits per heavy atom. The minimum atomic E-state index is 0.366. The van der Waals surface area contributed by atoms with E-state index in [4.69, 9.17) is 5.11 Å². The van der Waals surface area contributed by atoms with Crippen molar-refractivity contribution in [3.05, 3.63) is 0 Å². The Hall–Kier alpha value is -0.120. The first-order valence-corrected chi connectivity index (χ1v) is 7.45. The lowest BCUT2D eigenvalue weighted by atomic mass is 9.95. The van der Waals surface area contributed by atoms with Gasteiger partial charge in [-0.1, -0.05) is 0 Å². The molecule has 0 spiro atoms. The van der Waals surface area contributed by atoms with Crippen molar-refractivity contribution in [2.24, 2.45) is 5.92 Å². The van der Waals surface area contributed by atoms with Crippen molar-refractivity contribution in [1.82, 2.24) is 10.2 Å². The lowest BCUT2D eigenvalue weighted by Gasteiger charge is -2.32. The summed E-state index contributed by atoms with van der Waals surface area (Å²) >= 11 is 0. The predicted octanol–water partition coefficient (Wildman–Crippen LogP) is 1.61. The first-order chi connectivity index (χ1) is 8.38. The second-order valence-electron chi connectivity index (χ2n) is 5.76. The first kappa shape index (κ1) is 13.3. The molecule has 2 atom stereocenters. The molecule has 0 aromatic carbocycles. The second-order valence-corrected chi connectivity index (χ2v) is 5.76. The highest BCUT2D eigenvalue weighted by molar-refractivity contribution is 4.76. The Morgan fingerprint density at radius 1 is 1.18 bits per heavy atom. The zero-order chi connectivity index (χ0) is 11.9. The average molecular weight is 240 g/mol. The highest BCUT2D eigenvalue weighted by Gasteiger charge is 2.19. The van der Waals surface area contributed by atoms with E-state index in [1.54, 1.807) is 0 Å². The number of nitrogens with one attached hydrogen (secondary N) is 1. The van der Waals surface area contributed by atoms with Crippen LogP contribution < -0.4 is 5.32 Å². The van der Waals surface area contributed by atoms with Gasteiger partial charge in [-0.15, -0.1) is 0 Å². The van der Waals surface area contributed by atoms with Crippen molar-refractivity contribution < 1.29 is 5.11 Å². The summed E-state index contributed by atoms with van der Waals surface area (Å²) < 4.78 is 0. The van der Waals surface area contributed by atoms with Gasteiger partial charge in [0, 0.05) is 19.2 Å². The number of aliphatic hydroxyl groups is 1. The van der Waals surface area contributed by atoms with Gasteiger partial charge in [0.1, 0.15) is 0 Å². The monoisotopic (exact) mass is 240 g/mol. The van der Waals surface area contributed by atoms with E-state index >= 15 is 0 Å². The van der Waals surface area contributed by atoms with Gasteiger partial charge < -0.3 is 15.3 Å². The fraction of sp³-hybridized carbons (Fsp3) is 1.00.